The molecule has 2 aromatic carbocycles. The number of nitrogens with one attached hydrogen (secondary N) is 2. The van der Waals surface area contributed by atoms with Crippen LogP contribution in [0.1, 0.15) is 35.2 Å². The van der Waals surface area contributed by atoms with E-state index in [1.165, 1.54) is 0 Å². The van der Waals surface area contributed by atoms with E-state index in [1.54, 1.807) is 11.8 Å². The van der Waals surface area contributed by atoms with Gasteiger partial charge in [0.2, 0.25) is 5.91 Å². The summed E-state index contributed by atoms with van der Waals surface area (Å²) < 4.78 is 0. The molecule has 0 saturated carbocycles. The van der Waals surface area contributed by atoms with Crippen LogP contribution >= 0.6 is 11.8 Å². The third-order valence-corrected chi connectivity index (χ3v) is 6.76. The monoisotopic (exact) mass is 451 g/mol. The smallest absolute Gasteiger partial charge is 0.251 e. The summed E-state index contributed by atoms with van der Waals surface area (Å²) in [7, 11) is 0. The summed E-state index contributed by atoms with van der Waals surface area (Å²) in [6.45, 7) is 3.17. The Morgan fingerprint density at radius 1 is 1.19 bits per heavy atom. The molecule has 1 atom stereocenters. The maximum atomic E-state index is 12.8. The minimum absolute atomic E-state index is 0.0468. The van der Waals surface area contributed by atoms with Crippen molar-refractivity contribution in [2.24, 2.45) is 11.7 Å². The van der Waals surface area contributed by atoms with E-state index in [1.807, 2.05) is 48.5 Å². The number of carbonyl (C=O) groups excluding carboxylic acids is 2. The predicted molar refractivity (Wildman–Crippen MR) is 127 cm³/mol. The Morgan fingerprint density at radius 3 is 2.84 bits per heavy atom. The first kappa shape index (κ1) is 22.4. The van der Waals surface area contributed by atoms with Gasteiger partial charge in [0, 0.05) is 24.4 Å². The number of likely N-dealkylation sites (tertiary alicyclic amines) is 1. The Hall–Kier alpha value is -2.84. The maximum Gasteiger partial charge on any atom is 0.251 e. The van der Waals surface area contributed by atoms with E-state index in [4.69, 9.17) is 5.73 Å². The molecule has 1 unspecified atom stereocenters. The molecule has 1 saturated heterocycles. The maximum absolute atomic E-state index is 12.8. The third kappa shape index (κ3) is 5.69. The van der Waals surface area contributed by atoms with Crippen molar-refractivity contribution in [3.8, 4) is 0 Å². The lowest BCUT2D eigenvalue weighted by atomic mass is 9.97. The third-order valence-electron chi connectivity index (χ3n) is 5.84. The van der Waals surface area contributed by atoms with Gasteiger partial charge in [0.25, 0.3) is 5.91 Å². The summed E-state index contributed by atoms with van der Waals surface area (Å²) in [6.07, 6.45) is 2.72. The molecule has 3 aromatic rings. The number of carbonyl (C=O) groups is 2. The molecule has 7 nitrogen and oxygen atoms in total. The van der Waals surface area contributed by atoms with Crippen molar-refractivity contribution < 1.29 is 9.59 Å². The van der Waals surface area contributed by atoms with Crippen molar-refractivity contribution in [3.05, 3.63) is 59.7 Å². The van der Waals surface area contributed by atoms with E-state index in [0.717, 1.165) is 60.7 Å². The molecule has 2 heterocycles. The molecular formula is C24H29N5O2S. The molecule has 1 aliphatic heterocycles. The zero-order valence-corrected chi connectivity index (χ0v) is 18.9. The standard InChI is InChI=1S/C24H29N5O2S/c25-22(30)17-8-5-13-29(15-17)14-6-12-26-23(31)19-9-2-1-7-18(19)16-32-24-27-20-10-3-4-11-21(20)28-24/h1-4,7,9-11,17H,5-6,8,12-16H2,(H2,25,30)(H,26,31)(H,27,28). The summed E-state index contributed by atoms with van der Waals surface area (Å²) >= 11 is 1.59. The highest BCUT2D eigenvalue weighted by atomic mass is 32.2. The van der Waals surface area contributed by atoms with Crippen LogP contribution in [0, 0.1) is 5.92 Å². The zero-order chi connectivity index (χ0) is 22.3. The Balaban J connectivity index is 1.27. The van der Waals surface area contributed by atoms with Crippen LogP contribution in [0.5, 0.6) is 0 Å². The van der Waals surface area contributed by atoms with Crippen LogP contribution in [-0.4, -0.2) is 52.9 Å². The minimum Gasteiger partial charge on any atom is -0.369 e. The first-order valence-corrected chi connectivity index (χ1v) is 12.0. The summed E-state index contributed by atoms with van der Waals surface area (Å²) in [5, 5.41) is 3.89. The van der Waals surface area contributed by atoms with Gasteiger partial charge in [-0.3, -0.25) is 9.59 Å². The molecule has 2 amide bonds. The topological polar surface area (TPSA) is 104 Å². The molecule has 168 valence electrons. The largest absolute Gasteiger partial charge is 0.369 e. The second-order valence-electron chi connectivity index (χ2n) is 8.16. The summed E-state index contributed by atoms with van der Waals surface area (Å²) in [6, 6.07) is 15.6. The number of thioether (sulfide) groups is 1. The van der Waals surface area contributed by atoms with Gasteiger partial charge in [-0.2, -0.15) is 0 Å². The van der Waals surface area contributed by atoms with Gasteiger partial charge in [-0.25, -0.2) is 4.98 Å². The van der Waals surface area contributed by atoms with Crippen molar-refractivity contribution in [2.45, 2.75) is 30.2 Å². The van der Waals surface area contributed by atoms with Crippen LogP contribution in [0.2, 0.25) is 0 Å². The van der Waals surface area contributed by atoms with Gasteiger partial charge in [0.1, 0.15) is 0 Å². The number of imidazole rings is 1. The number of nitrogens with zero attached hydrogens (tertiary/aromatic N) is 2. The second-order valence-corrected chi connectivity index (χ2v) is 9.12. The van der Waals surface area contributed by atoms with E-state index in [2.05, 4.69) is 20.2 Å². The van der Waals surface area contributed by atoms with Crippen LogP contribution in [0.15, 0.2) is 53.7 Å². The summed E-state index contributed by atoms with van der Waals surface area (Å²) in [5.74, 6) is 0.347. The lowest BCUT2D eigenvalue weighted by Gasteiger charge is -2.31. The fourth-order valence-corrected chi connectivity index (χ4v) is 4.99. The first-order chi connectivity index (χ1) is 15.6. The Kier molecular flexibility index (Phi) is 7.44. The molecule has 0 spiro atoms. The number of piperidine rings is 1. The Labute approximate surface area is 192 Å². The number of benzene rings is 2. The van der Waals surface area contributed by atoms with Crippen LogP contribution in [0.25, 0.3) is 11.0 Å². The molecule has 4 N–H and O–H groups in total. The number of fused-ring (bicyclic) bond motifs is 1. The van der Waals surface area contributed by atoms with Crippen LogP contribution < -0.4 is 11.1 Å². The Bertz CT molecular complexity index is 1050. The lowest BCUT2D eigenvalue weighted by Crippen LogP contribution is -2.42. The van der Waals surface area contributed by atoms with Gasteiger partial charge in [-0.05, 0) is 56.1 Å². The highest BCUT2D eigenvalue weighted by Gasteiger charge is 2.23. The normalized spacial score (nSPS) is 16.8. The van der Waals surface area contributed by atoms with Gasteiger partial charge in [-0.1, -0.05) is 42.1 Å². The number of hydrogen-bond donors (Lipinski definition) is 3. The molecule has 32 heavy (non-hydrogen) atoms. The number of para-hydroxylation sites is 2. The highest BCUT2D eigenvalue weighted by Crippen LogP contribution is 2.24. The lowest BCUT2D eigenvalue weighted by molar-refractivity contribution is -0.123. The minimum atomic E-state index is -0.208. The summed E-state index contributed by atoms with van der Waals surface area (Å²) in [4.78, 5) is 34.4. The number of H-pyrrole nitrogens is 1. The number of hydrogen-bond acceptors (Lipinski definition) is 5. The van der Waals surface area contributed by atoms with Crippen LogP contribution in [0.4, 0.5) is 0 Å². The number of amides is 2. The average Bonchev–Trinajstić information content (AvgIpc) is 3.24. The van der Waals surface area contributed by atoms with E-state index < -0.39 is 0 Å². The molecule has 8 heteroatoms. The van der Waals surface area contributed by atoms with Crippen molar-refractivity contribution >= 4 is 34.6 Å². The predicted octanol–water partition coefficient (Wildman–Crippen LogP) is 3.17. The zero-order valence-electron chi connectivity index (χ0n) is 18.0. The number of aromatic amines is 1. The van der Waals surface area contributed by atoms with Crippen LogP contribution in [-0.2, 0) is 10.5 Å². The molecule has 1 aliphatic rings. The van der Waals surface area contributed by atoms with E-state index in [0.29, 0.717) is 17.9 Å². The van der Waals surface area contributed by atoms with Crippen molar-refractivity contribution in [1.82, 2.24) is 20.2 Å². The quantitative estimate of drug-likeness (QED) is 0.342. The average molecular weight is 452 g/mol. The number of rotatable bonds is 9. The number of nitrogens with two attached hydrogens (primary N) is 1. The van der Waals surface area contributed by atoms with Crippen LogP contribution in [0.3, 0.4) is 0 Å². The Morgan fingerprint density at radius 2 is 2.00 bits per heavy atom. The summed E-state index contributed by atoms with van der Waals surface area (Å²) in [5.41, 5.74) is 9.09. The van der Waals surface area contributed by atoms with E-state index in [9.17, 15) is 9.59 Å². The molecular weight excluding hydrogens is 422 g/mol. The van der Waals surface area contributed by atoms with Gasteiger partial charge >= 0.3 is 0 Å². The molecule has 4 rings (SSSR count). The van der Waals surface area contributed by atoms with Gasteiger partial charge in [0.05, 0.1) is 17.0 Å². The molecule has 1 fully saturated rings. The number of aromatic nitrogens is 2. The van der Waals surface area contributed by atoms with Crippen molar-refractivity contribution in [3.63, 3.8) is 0 Å². The highest BCUT2D eigenvalue weighted by molar-refractivity contribution is 7.98. The first-order valence-electron chi connectivity index (χ1n) is 11.1. The van der Waals surface area contributed by atoms with Crippen molar-refractivity contribution in [1.29, 1.82) is 0 Å². The molecule has 0 radical (unpaired) electrons. The molecule has 0 bridgehead atoms. The van der Waals surface area contributed by atoms with Crippen molar-refractivity contribution in [2.75, 3.05) is 26.2 Å². The fraction of sp³-hybridized carbons (Fsp3) is 0.375. The SMILES string of the molecule is NC(=O)C1CCCN(CCCNC(=O)c2ccccc2CSc2nc3ccccc3[nH]2)C1. The fourth-order valence-electron chi connectivity index (χ4n) is 4.10. The second kappa shape index (κ2) is 10.7. The van der Waals surface area contributed by atoms with E-state index in [-0.39, 0.29) is 17.7 Å². The van der Waals surface area contributed by atoms with Gasteiger partial charge in [-0.15, -0.1) is 0 Å². The van der Waals surface area contributed by atoms with E-state index >= 15 is 0 Å². The van der Waals surface area contributed by atoms with Gasteiger partial charge in [0.15, 0.2) is 5.16 Å². The molecule has 1 aromatic heterocycles. The number of primary amides is 1. The van der Waals surface area contributed by atoms with Gasteiger partial charge < -0.3 is 20.9 Å². The molecule has 0 aliphatic carbocycles.